The molecular weight excluding hydrogens is 263 g/mol. The van der Waals surface area contributed by atoms with Gasteiger partial charge in [-0.15, -0.1) is 0 Å². The minimum absolute atomic E-state index is 0.0166. The fourth-order valence-electron chi connectivity index (χ4n) is 4.22. The van der Waals surface area contributed by atoms with Crippen LogP contribution in [-0.2, 0) is 6.42 Å². The van der Waals surface area contributed by atoms with Crippen LogP contribution in [0.25, 0.3) is 0 Å². The second-order valence-corrected chi connectivity index (χ2v) is 6.67. The van der Waals surface area contributed by atoms with E-state index in [1.165, 1.54) is 18.4 Å². The van der Waals surface area contributed by atoms with Gasteiger partial charge in [0.15, 0.2) is 0 Å². The molecule has 21 heavy (non-hydrogen) atoms. The first-order valence-electron chi connectivity index (χ1n) is 8.49. The number of rotatable bonds is 4. The molecule has 116 valence electrons. The van der Waals surface area contributed by atoms with Gasteiger partial charge < -0.3 is 5.73 Å². The predicted octanol–water partition coefficient (Wildman–Crippen LogP) is 3.79. The Morgan fingerprint density at radius 2 is 1.95 bits per heavy atom. The Bertz CT molecular complexity index is 480. The lowest BCUT2D eigenvalue weighted by Gasteiger charge is -2.40. The number of benzene rings is 1. The van der Waals surface area contributed by atoms with Crippen LogP contribution in [0.2, 0.25) is 0 Å². The molecule has 1 fully saturated rings. The summed E-state index contributed by atoms with van der Waals surface area (Å²) in [7, 11) is 0. The summed E-state index contributed by atoms with van der Waals surface area (Å²) < 4.78 is 14.0. The van der Waals surface area contributed by atoms with E-state index in [0.29, 0.717) is 18.1 Å². The Balaban J connectivity index is 1.81. The first kappa shape index (κ1) is 15.0. The average Bonchev–Trinajstić information content (AvgIpc) is 2.91. The highest BCUT2D eigenvalue weighted by atomic mass is 19.1. The van der Waals surface area contributed by atoms with E-state index in [0.717, 1.165) is 44.2 Å². The third kappa shape index (κ3) is 3.00. The Labute approximate surface area is 127 Å². The number of nitrogens with zero attached hydrogens (tertiary/aromatic N) is 1. The van der Waals surface area contributed by atoms with Gasteiger partial charge in [0, 0.05) is 18.1 Å². The van der Waals surface area contributed by atoms with Gasteiger partial charge in [-0.25, -0.2) is 4.39 Å². The van der Waals surface area contributed by atoms with E-state index in [9.17, 15) is 4.39 Å². The van der Waals surface area contributed by atoms with Crippen LogP contribution >= 0.6 is 0 Å². The van der Waals surface area contributed by atoms with E-state index in [1.807, 2.05) is 6.07 Å². The molecular formula is C18H27FN2. The third-order valence-electron chi connectivity index (χ3n) is 5.27. The Hall–Kier alpha value is -0.930. The molecule has 2 N–H and O–H groups in total. The molecule has 1 saturated carbocycles. The summed E-state index contributed by atoms with van der Waals surface area (Å²) >= 11 is 0. The summed E-state index contributed by atoms with van der Waals surface area (Å²) in [6.07, 6.45) is 7.77. The van der Waals surface area contributed by atoms with Crippen LogP contribution in [-0.4, -0.2) is 23.5 Å². The largest absolute Gasteiger partial charge is 0.328 e. The molecule has 1 unspecified atom stereocenters. The van der Waals surface area contributed by atoms with Crippen molar-refractivity contribution in [1.82, 2.24) is 4.90 Å². The molecule has 0 heterocycles. The predicted molar refractivity (Wildman–Crippen MR) is 84.7 cm³/mol. The van der Waals surface area contributed by atoms with E-state index in [1.54, 1.807) is 6.07 Å². The van der Waals surface area contributed by atoms with Crippen molar-refractivity contribution >= 4 is 0 Å². The molecule has 2 nitrogen and oxygen atoms in total. The zero-order valence-corrected chi connectivity index (χ0v) is 13.0. The molecule has 1 aromatic rings. The van der Waals surface area contributed by atoms with Crippen LogP contribution in [0.4, 0.5) is 4.39 Å². The van der Waals surface area contributed by atoms with E-state index in [2.05, 4.69) is 17.9 Å². The fourth-order valence-corrected chi connectivity index (χ4v) is 4.22. The van der Waals surface area contributed by atoms with E-state index in [-0.39, 0.29) is 5.82 Å². The van der Waals surface area contributed by atoms with Crippen molar-refractivity contribution in [2.45, 2.75) is 70.0 Å². The summed E-state index contributed by atoms with van der Waals surface area (Å²) in [5.41, 5.74) is 8.24. The maximum Gasteiger partial charge on any atom is 0.126 e. The number of halogens is 1. The van der Waals surface area contributed by atoms with Gasteiger partial charge in [0.25, 0.3) is 0 Å². The Morgan fingerprint density at radius 1 is 1.19 bits per heavy atom. The van der Waals surface area contributed by atoms with Gasteiger partial charge in [0.2, 0.25) is 0 Å². The molecule has 0 aromatic heterocycles. The van der Waals surface area contributed by atoms with Crippen molar-refractivity contribution in [3.05, 3.63) is 35.1 Å². The first-order valence-corrected chi connectivity index (χ1v) is 8.49. The fraction of sp³-hybridized carbons (Fsp3) is 0.667. The summed E-state index contributed by atoms with van der Waals surface area (Å²) in [6.45, 7) is 3.35. The van der Waals surface area contributed by atoms with Crippen molar-refractivity contribution < 1.29 is 4.39 Å². The number of hydrogen-bond acceptors (Lipinski definition) is 2. The van der Waals surface area contributed by atoms with Crippen molar-refractivity contribution in [1.29, 1.82) is 0 Å². The topological polar surface area (TPSA) is 29.3 Å². The van der Waals surface area contributed by atoms with E-state index < -0.39 is 0 Å². The van der Waals surface area contributed by atoms with Crippen LogP contribution < -0.4 is 5.73 Å². The minimum Gasteiger partial charge on any atom is -0.328 e. The van der Waals surface area contributed by atoms with Gasteiger partial charge in [-0.3, -0.25) is 4.90 Å². The highest BCUT2D eigenvalue weighted by molar-refractivity contribution is 5.35. The van der Waals surface area contributed by atoms with Crippen LogP contribution in [0.15, 0.2) is 18.2 Å². The average molecular weight is 290 g/mol. The van der Waals surface area contributed by atoms with Crippen molar-refractivity contribution in [3.8, 4) is 0 Å². The molecule has 0 radical (unpaired) electrons. The van der Waals surface area contributed by atoms with Crippen LogP contribution in [0.1, 0.15) is 62.6 Å². The second kappa shape index (κ2) is 6.45. The van der Waals surface area contributed by atoms with Gasteiger partial charge in [-0.05, 0) is 68.7 Å². The molecule has 3 heteroatoms. The van der Waals surface area contributed by atoms with Crippen LogP contribution in [0.5, 0.6) is 0 Å². The van der Waals surface area contributed by atoms with Crippen LogP contribution in [0.3, 0.4) is 0 Å². The van der Waals surface area contributed by atoms with Gasteiger partial charge >= 0.3 is 0 Å². The Kier molecular flexibility index (Phi) is 4.60. The summed E-state index contributed by atoms with van der Waals surface area (Å²) in [5.74, 6) is -0.0166. The zero-order valence-electron chi connectivity index (χ0n) is 13.0. The standard InChI is InChI=1S/C18H27FN2/c1-2-12-21(14-8-6-13(20)7-9-14)18-11-10-15-16(18)4-3-5-17(15)19/h3-5,13-14,18H,2,6-12,20H2,1H3. The lowest BCUT2D eigenvalue weighted by Crippen LogP contribution is -2.42. The quantitative estimate of drug-likeness (QED) is 0.914. The third-order valence-corrected chi connectivity index (χ3v) is 5.27. The molecule has 1 aromatic carbocycles. The maximum absolute atomic E-state index is 14.0. The molecule has 0 aliphatic heterocycles. The first-order chi connectivity index (χ1) is 10.2. The maximum atomic E-state index is 14.0. The highest BCUT2D eigenvalue weighted by Gasteiger charge is 2.34. The van der Waals surface area contributed by atoms with Crippen molar-refractivity contribution in [2.24, 2.45) is 5.73 Å². The molecule has 2 aliphatic rings. The minimum atomic E-state index is -0.0166. The summed E-state index contributed by atoms with van der Waals surface area (Å²) in [5, 5.41) is 0. The molecule has 0 spiro atoms. The van der Waals surface area contributed by atoms with E-state index in [4.69, 9.17) is 5.73 Å². The lowest BCUT2D eigenvalue weighted by atomic mass is 9.89. The number of hydrogen-bond donors (Lipinski definition) is 1. The second-order valence-electron chi connectivity index (χ2n) is 6.67. The Morgan fingerprint density at radius 3 is 2.67 bits per heavy atom. The van der Waals surface area contributed by atoms with Gasteiger partial charge in [-0.1, -0.05) is 19.1 Å². The summed E-state index contributed by atoms with van der Waals surface area (Å²) in [6, 6.07) is 7.03. The molecule has 3 rings (SSSR count). The number of nitrogens with two attached hydrogens (primary N) is 1. The van der Waals surface area contributed by atoms with Gasteiger partial charge in [0.05, 0.1) is 0 Å². The van der Waals surface area contributed by atoms with Crippen LogP contribution in [0, 0.1) is 5.82 Å². The van der Waals surface area contributed by atoms with Crippen molar-refractivity contribution in [3.63, 3.8) is 0 Å². The highest BCUT2D eigenvalue weighted by Crippen LogP contribution is 2.40. The molecule has 1 atom stereocenters. The summed E-state index contributed by atoms with van der Waals surface area (Å²) in [4.78, 5) is 2.65. The monoisotopic (exact) mass is 290 g/mol. The zero-order chi connectivity index (χ0) is 14.8. The lowest BCUT2D eigenvalue weighted by molar-refractivity contribution is 0.0991. The SMILES string of the molecule is CCCN(C1CCC(N)CC1)C1CCc2c(F)cccc21. The van der Waals surface area contributed by atoms with Gasteiger partial charge in [-0.2, -0.15) is 0 Å². The molecule has 0 saturated heterocycles. The molecule has 2 aliphatic carbocycles. The van der Waals surface area contributed by atoms with E-state index >= 15 is 0 Å². The normalized spacial score (nSPS) is 28.9. The van der Waals surface area contributed by atoms with Crippen molar-refractivity contribution in [2.75, 3.05) is 6.54 Å². The van der Waals surface area contributed by atoms with Gasteiger partial charge in [0.1, 0.15) is 5.82 Å². The number of fused-ring (bicyclic) bond motifs is 1. The molecule has 0 bridgehead atoms. The molecule has 0 amide bonds. The smallest absolute Gasteiger partial charge is 0.126 e.